The molecule has 0 fully saturated rings. The summed E-state index contributed by atoms with van der Waals surface area (Å²) >= 11 is 0. The van der Waals surface area contributed by atoms with Crippen molar-refractivity contribution in [2.75, 3.05) is 5.32 Å². The fourth-order valence-corrected chi connectivity index (χ4v) is 3.43. The van der Waals surface area contributed by atoms with Gasteiger partial charge in [0.1, 0.15) is 5.82 Å². The molecule has 0 unspecified atom stereocenters. The van der Waals surface area contributed by atoms with Crippen LogP contribution in [0.3, 0.4) is 0 Å². The molecule has 2 heterocycles. The van der Waals surface area contributed by atoms with Crippen molar-refractivity contribution in [3.05, 3.63) is 94.2 Å². The zero-order valence-corrected chi connectivity index (χ0v) is 16.8. The third-order valence-corrected chi connectivity index (χ3v) is 4.97. The number of halogens is 3. The lowest BCUT2D eigenvalue weighted by Gasteiger charge is -2.10. The monoisotopic (exact) mass is 440 g/mol. The lowest BCUT2D eigenvalue weighted by molar-refractivity contribution is -0.116. The van der Waals surface area contributed by atoms with Gasteiger partial charge in [-0.15, -0.1) is 0 Å². The van der Waals surface area contributed by atoms with E-state index >= 15 is 0 Å². The highest BCUT2D eigenvalue weighted by atomic mass is 19.3. The van der Waals surface area contributed by atoms with E-state index in [1.165, 1.54) is 39.7 Å². The van der Waals surface area contributed by atoms with Crippen molar-refractivity contribution in [1.29, 1.82) is 0 Å². The summed E-state index contributed by atoms with van der Waals surface area (Å²) < 4.78 is 42.8. The summed E-state index contributed by atoms with van der Waals surface area (Å²) in [4.78, 5) is 24.8. The van der Waals surface area contributed by atoms with E-state index in [2.05, 4.69) is 10.4 Å². The number of hydrogen-bond donors (Lipinski definition) is 1. The van der Waals surface area contributed by atoms with Crippen LogP contribution in [0.1, 0.15) is 24.0 Å². The van der Waals surface area contributed by atoms with E-state index in [9.17, 15) is 22.8 Å². The topological polar surface area (TPSA) is 68.9 Å². The van der Waals surface area contributed by atoms with Crippen molar-refractivity contribution in [3.63, 3.8) is 0 Å². The molecule has 2 aromatic heterocycles. The normalized spacial score (nSPS) is 11.2. The lowest BCUT2D eigenvalue weighted by Crippen LogP contribution is -2.24. The maximum Gasteiger partial charge on any atom is 0.264 e. The van der Waals surface area contributed by atoms with Gasteiger partial charge in [0, 0.05) is 41.9 Å². The third-order valence-electron chi connectivity index (χ3n) is 4.97. The Morgan fingerprint density at radius 3 is 2.47 bits per heavy atom. The van der Waals surface area contributed by atoms with E-state index in [0.29, 0.717) is 12.2 Å². The molecule has 32 heavy (non-hydrogen) atoms. The molecule has 0 aliphatic carbocycles. The summed E-state index contributed by atoms with van der Waals surface area (Å²) in [5.74, 6) is -0.833. The van der Waals surface area contributed by atoms with Crippen LogP contribution < -0.4 is 10.9 Å². The number of carbonyl (C=O) groups is 1. The van der Waals surface area contributed by atoms with E-state index in [0.717, 1.165) is 11.6 Å². The molecule has 0 saturated carbocycles. The van der Waals surface area contributed by atoms with Crippen LogP contribution in [0.4, 0.5) is 18.9 Å². The Morgan fingerprint density at radius 2 is 1.78 bits per heavy atom. The molecule has 6 nitrogen and oxygen atoms in total. The van der Waals surface area contributed by atoms with Crippen LogP contribution >= 0.6 is 0 Å². The number of hydrogen-bond acceptors (Lipinski definition) is 3. The van der Waals surface area contributed by atoms with E-state index in [4.69, 9.17) is 0 Å². The molecule has 0 spiro atoms. The number of anilines is 1. The molecule has 0 aliphatic heterocycles. The summed E-state index contributed by atoms with van der Waals surface area (Å²) in [5, 5.41) is 7.13. The molecule has 0 atom stereocenters. The number of carbonyl (C=O) groups excluding carboxylic acids is 1. The number of nitrogens with one attached hydrogen (secondary N) is 1. The fourth-order valence-electron chi connectivity index (χ4n) is 3.43. The van der Waals surface area contributed by atoms with Gasteiger partial charge in [-0.1, -0.05) is 30.3 Å². The van der Waals surface area contributed by atoms with Crippen molar-refractivity contribution in [2.45, 2.75) is 25.9 Å². The van der Waals surface area contributed by atoms with Gasteiger partial charge in [-0.05, 0) is 29.8 Å². The fraction of sp³-hybridized carbons (Fsp3) is 0.174. The molecule has 4 rings (SSSR count). The number of alkyl halides is 2. The highest BCUT2D eigenvalue weighted by molar-refractivity contribution is 5.90. The minimum Gasteiger partial charge on any atom is -0.326 e. The van der Waals surface area contributed by atoms with E-state index in [1.807, 2.05) is 30.3 Å². The van der Waals surface area contributed by atoms with Gasteiger partial charge in [-0.25, -0.2) is 13.2 Å². The smallest absolute Gasteiger partial charge is 0.264 e. The summed E-state index contributed by atoms with van der Waals surface area (Å²) in [6, 6.07) is 15.5. The van der Waals surface area contributed by atoms with Crippen LogP contribution in [0.25, 0.3) is 11.0 Å². The quantitative estimate of drug-likeness (QED) is 0.465. The van der Waals surface area contributed by atoms with Gasteiger partial charge in [-0.3, -0.25) is 18.8 Å². The zero-order valence-electron chi connectivity index (χ0n) is 16.8. The molecule has 1 amide bonds. The third kappa shape index (κ3) is 4.72. The number of benzene rings is 2. The lowest BCUT2D eigenvalue weighted by atomic mass is 10.2. The molecule has 164 valence electrons. The molecule has 0 aliphatic rings. The molecule has 0 saturated heterocycles. The van der Waals surface area contributed by atoms with E-state index in [-0.39, 0.29) is 24.0 Å². The Hall–Kier alpha value is -3.88. The first-order chi connectivity index (χ1) is 15.4. The number of amides is 1. The summed E-state index contributed by atoms with van der Waals surface area (Å²) in [5.41, 5.74) is 0.377. The van der Waals surface area contributed by atoms with Gasteiger partial charge in [0.05, 0.1) is 6.54 Å². The summed E-state index contributed by atoms with van der Waals surface area (Å²) in [6.07, 6.45) is -1.44. The van der Waals surface area contributed by atoms with Crippen molar-refractivity contribution in [3.8, 4) is 0 Å². The molecule has 4 aromatic rings. The number of aryl methyl sites for hydroxylation is 1. The van der Waals surface area contributed by atoms with E-state index in [1.54, 1.807) is 0 Å². The average molecular weight is 440 g/mol. The second-order valence-corrected chi connectivity index (χ2v) is 7.24. The van der Waals surface area contributed by atoms with Gasteiger partial charge in [-0.2, -0.15) is 5.10 Å². The molecular formula is C23H19F3N4O2. The Kier molecular flexibility index (Phi) is 6.07. The first-order valence-electron chi connectivity index (χ1n) is 9.89. The molecule has 9 heteroatoms. The zero-order chi connectivity index (χ0) is 22.7. The Labute approximate surface area is 180 Å². The predicted molar refractivity (Wildman–Crippen MR) is 114 cm³/mol. The van der Waals surface area contributed by atoms with Crippen LogP contribution in [-0.2, 0) is 17.9 Å². The van der Waals surface area contributed by atoms with Crippen LogP contribution in [0, 0.1) is 5.82 Å². The largest absolute Gasteiger partial charge is 0.326 e. The average Bonchev–Trinajstić information content (AvgIpc) is 3.18. The SMILES string of the molecule is O=C(CCn1c(=O)cc(C(F)F)c2cn(Cc3ccccc3)nc21)Nc1ccc(F)cc1. The van der Waals surface area contributed by atoms with Crippen LogP contribution in [0.15, 0.2) is 71.7 Å². The molecular weight excluding hydrogens is 421 g/mol. The standard InChI is InChI=1S/C23H19F3N4O2/c24-16-6-8-17(9-7-16)27-20(31)10-11-30-21(32)12-18(22(25)26)19-14-29(28-23(19)30)13-15-4-2-1-3-5-15/h1-9,12,14,22H,10-11,13H2,(H,27,31). The van der Waals surface area contributed by atoms with Gasteiger partial charge >= 0.3 is 0 Å². The van der Waals surface area contributed by atoms with Crippen molar-refractivity contribution < 1.29 is 18.0 Å². The van der Waals surface area contributed by atoms with Gasteiger partial charge < -0.3 is 5.32 Å². The number of pyridine rings is 1. The molecule has 2 aromatic carbocycles. The van der Waals surface area contributed by atoms with E-state index < -0.39 is 29.3 Å². The highest BCUT2D eigenvalue weighted by Crippen LogP contribution is 2.26. The van der Waals surface area contributed by atoms with Gasteiger partial charge in [0.15, 0.2) is 5.65 Å². The summed E-state index contributed by atoms with van der Waals surface area (Å²) in [6.45, 7) is 0.297. The maximum atomic E-state index is 13.6. The minimum atomic E-state index is -2.84. The number of aromatic nitrogens is 3. The maximum absolute atomic E-state index is 13.6. The number of fused-ring (bicyclic) bond motifs is 1. The van der Waals surface area contributed by atoms with Gasteiger partial charge in [0.2, 0.25) is 5.91 Å². The van der Waals surface area contributed by atoms with Crippen molar-refractivity contribution >= 4 is 22.6 Å². The van der Waals surface area contributed by atoms with Crippen LogP contribution in [0.5, 0.6) is 0 Å². The first kappa shape index (κ1) is 21.4. The Morgan fingerprint density at radius 1 is 1.06 bits per heavy atom. The predicted octanol–water partition coefficient (Wildman–Crippen LogP) is 4.35. The molecule has 0 bridgehead atoms. The highest BCUT2D eigenvalue weighted by Gasteiger charge is 2.19. The van der Waals surface area contributed by atoms with Crippen molar-refractivity contribution in [2.24, 2.45) is 0 Å². The number of rotatable bonds is 7. The molecule has 1 N–H and O–H groups in total. The molecule has 0 radical (unpaired) electrons. The Balaban J connectivity index is 1.60. The second kappa shape index (κ2) is 9.09. The second-order valence-electron chi connectivity index (χ2n) is 7.24. The van der Waals surface area contributed by atoms with Crippen LogP contribution in [-0.4, -0.2) is 20.3 Å². The minimum absolute atomic E-state index is 0.0474. The Bertz CT molecular complexity index is 1300. The first-order valence-corrected chi connectivity index (χ1v) is 9.89. The number of nitrogens with zero attached hydrogens (tertiary/aromatic N) is 3. The van der Waals surface area contributed by atoms with Crippen molar-refractivity contribution in [1.82, 2.24) is 14.3 Å². The summed E-state index contributed by atoms with van der Waals surface area (Å²) in [7, 11) is 0. The van der Waals surface area contributed by atoms with Crippen LogP contribution in [0.2, 0.25) is 0 Å². The van der Waals surface area contributed by atoms with Gasteiger partial charge in [0.25, 0.3) is 12.0 Å².